The summed E-state index contributed by atoms with van der Waals surface area (Å²) in [5, 5.41) is 0. The second-order valence-electron chi connectivity index (χ2n) is 5.35. The maximum Gasteiger partial charge on any atom is 0.0394 e. The van der Waals surface area contributed by atoms with E-state index in [-0.39, 0.29) is 5.54 Å². The molecule has 3 N–H and O–H groups in total. The molecule has 0 aliphatic carbocycles. The molecule has 0 rings (SSSR count). The summed E-state index contributed by atoms with van der Waals surface area (Å²) in [5.41, 5.74) is 3.22. The topological polar surface area (TPSA) is 41.3 Å². The first-order valence-electron chi connectivity index (χ1n) is 7.21. The monoisotopic (exact) mass is 243 g/mol. The number of hydrazine groups is 1. The normalized spacial score (nSPS) is 19.1. The summed E-state index contributed by atoms with van der Waals surface area (Å²) >= 11 is 0. The molecule has 0 bridgehead atoms. The van der Waals surface area contributed by atoms with Crippen LogP contribution in [0.5, 0.6) is 0 Å². The lowest BCUT2D eigenvalue weighted by Crippen LogP contribution is -2.61. The van der Waals surface area contributed by atoms with Crippen LogP contribution >= 0.6 is 0 Å². The lowest BCUT2D eigenvalue weighted by molar-refractivity contribution is 0.0606. The highest BCUT2D eigenvalue weighted by molar-refractivity contribution is 4.95. The lowest BCUT2D eigenvalue weighted by atomic mass is 9.82. The molecule has 0 heterocycles. The van der Waals surface area contributed by atoms with E-state index >= 15 is 0 Å². The van der Waals surface area contributed by atoms with Gasteiger partial charge in [-0.2, -0.15) is 0 Å². The Hall–Kier alpha value is -0.120. The zero-order chi connectivity index (χ0) is 13.5. The first kappa shape index (κ1) is 16.9. The lowest BCUT2D eigenvalue weighted by Gasteiger charge is -2.46. The molecule has 0 aliphatic heterocycles. The minimum Gasteiger partial charge on any atom is -0.297 e. The van der Waals surface area contributed by atoms with Crippen LogP contribution in [0.3, 0.4) is 0 Å². The fourth-order valence-electron chi connectivity index (χ4n) is 2.71. The number of nitrogens with one attached hydrogen (secondary N) is 1. The van der Waals surface area contributed by atoms with Crippen LogP contribution in [0.1, 0.15) is 60.8 Å². The van der Waals surface area contributed by atoms with Crippen molar-refractivity contribution in [3.63, 3.8) is 0 Å². The number of likely N-dealkylation sites (N-methyl/N-ethyl adjacent to an activating group) is 1. The molecule has 3 atom stereocenters. The number of rotatable bonds is 9. The molecule has 0 spiro atoms. The minimum atomic E-state index is 0.154. The van der Waals surface area contributed by atoms with Gasteiger partial charge in [-0.05, 0) is 38.8 Å². The van der Waals surface area contributed by atoms with Gasteiger partial charge in [-0.25, -0.2) is 0 Å². The molecule has 0 aromatic heterocycles. The van der Waals surface area contributed by atoms with Crippen LogP contribution in [0.25, 0.3) is 0 Å². The Bertz CT molecular complexity index is 192. The Morgan fingerprint density at radius 1 is 1.18 bits per heavy atom. The molecule has 0 saturated carbocycles. The van der Waals surface area contributed by atoms with Crippen molar-refractivity contribution in [3.05, 3.63) is 0 Å². The zero-order valence-electron chi connectivity index (χ0n) is 12.7. The molecule has 0 fully saturated rings. The molecule has 3 unspecified atom stereocenters. The van der Waals surface area contributed by atoms with Crippen molar-refractivity contribution in [2.24, 2.45) is 11.8 Å². The van der Waals surface area contributed by atoms with Crippen LogP contribution in [-0.2, 0) is 0 Å². The van der Waals surface area contributed by atoms with Gasteiger partial charge in [0.15, 0.2) is 0 Å². The third-order valence-corrected chi connectivity index (χ3v) is 4.49. The van der Waals surface area contributed by atoms with Crippen LogP contribution < -0.4 is 11.3 Å². The van der Waals surface area contributed by atoms with Gasteiger partial charge in [0, 0.05) is 11.6 Å². The Labute approximate surface area is 108 Å². The molecule has 0 aromatic carbocycles. The Balaban J connectivity index is 4.87. The Morgan fingerprint density at radius 2 is 1.71 bits per heavy atom. The summed E-state index contributed by atoms with van der Waals surface area (Å²) in [6, 6.07) is 0.363. The van der Waals surface area contributed by atoms with Gasteiger partial charge in [0.2, 0.25) is 0 Å². The molecule has 3 nitrogen and oxygen atoms in total. The molecule has 0 aromatic rings. The van der Waals surface area contributed by atoms with E-state index in [0.717, 1.165) is 31.8 Å². The van der Waals surface area contributed by atoms with E-state index in [4.69, 9.17) is 5.84 Å². The fraction of sp³-hybridized carbons (Fsp3) is 1.00. The van der Waals surface area contributed by atoms with Crippen molar-refractivity contribution in [2.45, 2.75) is 72.4 Å². The van der Waals surface area contributed by atoms with E-state index in [2.05, 4.69) is 51.9 Å². The van der Waals surface area contributed by atoms with Gasteiger partial charge in [0.05, 0.1) is 0 Å². The fourth-order valence-corrected chi connectivity index (χ4v) is 2.71. The van der Waals surface area contributed by atoms with E-state index in [1.165, 1.54) is 6.42 Å². The van der Waals surface area contributed by atoms with Crippen molar-refractivity contribution >= 4 is 0 Å². The molecule has 17 heavy (non-hydrogen) atoms. The average Bonchev–Trinajstić information content (AvgIpc) is 2.36. The average molecular weight is 243 g/mol. The van der Waals surface area contributed by atoms with Crippen LogP contribution in [0.2, 0.25) is 0 Å². The zero-order valence-corrected chi connectivity index (χ0v) is 12.7. The van der Waals surface area contributed by atoms with Crippen molar-refractivity contribution in [3.8, 4) is 0 Å². The predicted octanol–water partition coefficient (Wildman–Crippen LogP) is 2.77. The van der Waals surface area contributed by atoms with Gasteiger partial charge in [-0.3, -0.25) is 16.2 Å². The van der Waals surface area contributed by atoms with Gasteiger partial charge in [-0.1, -0.05) is 41.0 Å². The Kier molecular flexibility index (Phi) is 8.01. The summed E-state index contributed by atoms with van der Waals surface area (Å²) in [6.45, 7) is 15.8. The van der Waals surface area contributed by atoms with E-state index in [9.17, 15) is 0 Å². The summed E-state index contributed by atoms with van der Waals surface area (Å²) in [4.78, 5) is 2.53. The highest BCUT2D eigenvalue weighted by atomic mass is 15.3. The van der Waals surface area contributed by atoms with Crippen LogP contribution in [0.4, 0.5) is 0 Å². The maximum atomic E-state index is 5.81. The van der Waals surface area contributed by atoms with Crippen molar-refractivity contribution < 1.29 is 0 Å². The number of hydrogen-bond donors (Lipinski definition) is 2. The highest BCUT2D eigenvalue weighted by Gasteiger charge is 2.36. The summed E-state index contributed by atoms with van der Waals surface area (Å²) in [7, 11) is 0. The molecule has 0 aliphatic rings. The number of nitrogens with two attached hydrogens (primary N) is 1. The van der Waals surface area contributed by atoms with Gasteiger partial charge < -0.3 is 0 Å². The maximum absolute atomic E-state index is 5.81. The van der Waals surface area contributed by atoms with Gasteiger partial charge in [0.25, 0.3) is 0 Å². The van der Waals surface area contributed by atoms with Gasteiger partial charge >= 0.3 is 0 Å². The predicted molar refractivity (Wildman–Crippen MR) is 76.8 cm³/mol. The molecule has 104 valence electrons. The standard InChI is InChI=1S/C14H33N3/c1-7-12(5)11-13(16-15)14(6,8-2)17(9-3)10-4/h12-13,16H,7-11,15H2,1-6H3. The van der Waals surface area contributed by atoms with E-state index in [1.807, 2.05) is 0 Å². The largest absolute Gasteiger partial charge is 0.297 e. The van der Waals surface area contributed by atoms with Crippen LogP contribution in [-0.4, -0.2) is 29.6 Å². The van der Waals surface area contributed by atoms with E-state index in [0.29, 0.717) is 6.04 Å². The minimum absolute atomic E-state index is 0.154. The number of nitrogens with zero attached hydrogens (tertiary/aromatic N) is 1. The highest BCUT2D eigenvalue weighted by Crippen LogP contribution is 2.27. The van der Waals surface area contributed by atoms with E-state index < -0.39 is 0 Å². The summed E-state index contributed by atoms with van der Waals surface area (Å²) < 4.78 is 0. The molecule has 3 heteroatoms. The van der Waals surface area contributed by atoms with Gasteiger partial charge in [0.1, 0.15) is 0 Å². The van der Waals surface area contributed by atoms with Crippen LogP contribution in [0.15, 0.2) is 0 Å². The first-order chi connectivity index (χ1) is 7.99. The van der Waals surface area contributed by atoms with Crippen molar-refractivity contribution in [1.82, 2.24) is 10.3 Å². The quantitative estimate of drug-likeness (QED) is 0.483. The number of hydrogen-bond acceptors (Lipinski definition) is 3. The van der Waals surface area contributed by atoms with Crippen molar-refractivity contribution in [1.29, 1.82) is 0 Å². The third kappa shape index (κ3) is 4.23. The molecule has 0 amide bonds. The second-order valence-corrected chi connectivity index (χ2v) is 5.35. The summed E-state index contributed by atoms with van der Waals surface area (Å²) in [5.74, 6) is 6.53. The second kappa shape index (κ2) is 8.06. The van der Waals surface area contributed by atoms with E-state index in [1.54, 1.807) is 0 Å². The third-order valence-electron chi connectivity index (χ3n) is 4.49. The molecule has 0 radical (unpaired) electrons. The van der Waals surface area contributed by atoms with Crippen LogP contribution in [0, 0.1) is 5.92 Å². The summed E-state index contributed by atoms with van der Waals surface area (Å²) in [6.07, 6.45) is 3.49. The molecular weight excluding hydrogens is 210 g/mol. The Morgan fingerprint density at radius 3 is 2.00 bits per heavy atom. The first-order valence-corrected chi connectivity index (χ1v) is 7.21. The van der Waals surface area contributed by atoms with Gasteiger partial charge in [-0.15, -0.1) is 0 Å². The smallest absolute Gasteiger partial charge is 0.0394 e. The van der Waals surface area contributed by atoms with Crippen molar-refractivity contribution in [2.75, 3.05) is 13.1 Å². The molecular formula is C14H33N3. The SMILES string of the molecule is CCC(C)CC(NN)C(C)(CC)N(CC)CC. The molecule has 0 saturated heterocycles.